The van der Waals surface area contributed by atoms with Gasteiger partial charge in [0.1, 0.15) is 23.4 Å². The summed E-state index contributed by atoms with van der Waals surface area (Å²) in [7, 11) is 1.47. The van der Waals surface area contributed by atoms with E-state index in [4.69, 9.17) is 9.47 Å². The molecule has 21 heavy (non-hydrogen) atoms. The van der Waals surface area contributed by atoms with Gasteiger partial charge in [0.15, 0.2) is 0 Å². The Balaban J connectivity index is 2.43. The van der Waals surface area contributed by atoms with Crippen LogP contribution in [0.15, 0.2) is 36.4 Å². The van der Waals surface area contributed by atoms with E-state index >= 15 is 0 Å². The molecule has 1 N–H and O–H groups in total. The number of halogens is 1. The van der Waals surface area contributed by atoms with E-state index in [2.05, 4.69) is 0 Å². The van der Waals surface area contributed by atoms with E-state index in [9.17, 15) is 9.50 Å². The van der Waals surface area contributed by atoms with Crippen LogP contribution in [0.4, 0.5) is 4.39 Å². The molecule has 1 unspecified atom stereocenters. The molecule has 3 nitrogen and oxygen atoms in total. The zero-order valence-corrected chi connectivity index (χ0v) is 12.4. The van der Waals surface area contributed by atoms with Crippen LogP contribution in [0.25, 0.3) is 0 Å². The third-order valence-electron chi connectivity index (χ3n) is 3.26. The molecule has 4 heteroatoms. The van der Waals surface area contributed by atoms with Crippen molar-refractivity contribution in [3.63, 3.8) is 0 Å². The standard InChI is InChI=1S/C17H19FO3/c1-4-21-16-8-5-11(2)9-14(16)17(19)13-7-6-12(20-3)10-15(13)18/h5-10,17,19H,4H2,1-3H3. The molecule has 2 aromatic rings. The number of aryl methyl sites for hydroxylation is 1. The largest absolute Gasteiger partial charge is 0.497 e. The maximum absolute atomic E-state index is 14.1. The van der Waals surface area contributed by atoms with Crippen LogP contribution in [-0.4, -0.2) is 18.8 Å². The molecule has 0 amide bonds. The van der Waals surface area contributed by atoms with Crippen molar-refractivity contribution in [3.05, 3.63) is 58.9 Å². The Labute approximate surface area is 124 Å². The molecule has 0 aromatic heterocycles. The molecule has 0 spiro atoms. The molecule has 2 aromatic carbocycles. The summed E-state index contributed by atoms with van der Waals surface area (Å²) in [4.78, 5) is 0. The number of rotatable bonds is 5. The van der Waals surface area contributed by atoms with Crippen LogP contribution in [0.5, 0.6) is 11.5 Å². The zero-order valence-electron chi connectivity index (χ0n) is 12.4. The maximum Gasteiger partial charge on any atom is 0.133 e. The van der Waals surface area contributed by atoms with Crippen molar-refractivity contribution in [2.24, 2.45) is 0 Å². The van der Waals surface area contributed by atoms with Crippen molar-refractivity contribution in [1.82, 2.24) is 0 Å². The molecule has 0 heterocycles. The van der Waals surface area contributed by atoms with Gasteiger partial charge in [-0.15, -0.1) is 0 Å². The molecular formula is C17H19FO3. The summed E-state index contributed by atoms with van der Waals surface area (Å²) in [6.45, 7) is 4.26. The Morgan fingerprint density at radius 2 is 1.90 bits per heavy atom. The fourth-order valence-corrected chi connectivity index (χ4v) is 2.19. The van der Waals surface area contributed by atoms with Crippen LogP contribution in [-0.2, 0) is 0 Å². The van der Waals surface area contributed by atoms with Gasteiger partial charge in [0.05, 0.1) is 13.7 Å². The highest BCUT2D eigenvalue weighted by Gasteiger charge is 2.19. The SMILES string of the molecule is CCOc1ccc(C)cc1C(O)c1ccc(OC)cc1F. The van der Waals surface area contributed by atoms with Crippen molar-refractivity contribution in [2.45, 2.75) is 20.0 Å². The third kappa shape index (κ3) is 3.34. The van der Waals surface area contributed by atoms with E-state index in [1.54, 1.807) is 18.2 Å². The van der Waals surface area contributed by atoms with E-state index in [1.165, 1.54) is 19.2 Å². The number of methoxy groups -OCH3 is 1. The van der Waals surface area contributed by atoms with Crippen molar-refractivity contribution in [3.8, 4) is 11.5 Å². The first-order valence-electron chi connectivity index (χ1n) is 6.81. The van der Waals surface area contributed by atoms with Crippen LogP contribution in [0, 0.1) is 12.7 Å². The molecule has 0 saturated carbocycles. The first-order valence-corrected chi connectivity index (χ1v) is 6.81. The van der Waals surface area contributed by atoms with E-state index in [1.807, 2.05) is 19.9 Å². The second-order valence-electron chi connectivity index (χ2n) is 4.76. The van der Waals surface area contributed by atoms with Gasteiger partial charge in [-0.3, -0.25) is 0 Å². The summed E-state index contributed by atoms with van der Waals surface area (Å²) < 4.78 is 24.6. The number of benzene rings is 2. The Morgan fingerprint density at radius 3 is 2.52 bits per heavy atom. The molecule has 2 rings (SSSR count). The lowest BCUT2D eigenvalue weighted by molar-refractivity contribution is 0.206. The molecular weight excluding hydrogens is 271 g/mol. The van der Waals surface area contributed by atoms with Crippen LogP contribution in [0.3, 0.4) is 0 Å². The summed E-state index contributed by atoms with van der Waals surface area (Å²) in [6, 6.07) is 9.90. The van der Waals surface area contributed by atoms with Gasteiger partial charge >= 0.3 is 0 Å². The Hall–Kier alpha value is -2.07. The van der Waals surface area contributed by atoms with Crippen molar-refractivity contribution in [2.75, 3.05) is 13.7 Å². The summed E-state index contributed by atoms with van der Waals surface area (Å²) >= 11 is 0. The van der Waals surface area contributed by atoms with Gasteiger partial charge in [-0.2, -0.15) is 0 Å². The third-order valence-corrected chi connectivity index (χ3v) is 3.26. The molecule has 1 atom stereocenters. The summed E-state index contributed by atoms with van der Waals surface area (Å²) in [5, 5.41) is 10.5. The van der Waals surface area contributed by atoms with Crippen LogP contribution >= 0.6 is 0 Å². The molecule has 0 aliphatic carbocycles. The topological polar surface area (TPSA) is 38.7 Å². The Morgan fingerprint density at radius 1 is 1.14 bits per heavy atom. The van der Waals surface area contributed by atoms with Gasteiger partial charge in [-0.05, 0) is 38.1 Å². The number of hydrogen-bond acceptors (Lipinski definition) is 3. The lowest BCUT2D eigenvalue weighted by atomic mass is 9.98. The average molecular weight is 290 g/mol. The van der Waals surface area contributed by atoms with Gasteiger partial charge < -0.3 is 14.6 Å². The van der Waals surface area contributed by atoms with Gasteiger partial charge in [-0.25, -0.2) is 4.39 Å². The molecule has 0 fully saturated rings. The minimum atomic E-state index is -1.09. The lowest BCUT2D eigenvalue weighted by Gasteiger charge is -2.17. The van der Waals surface area contributed by atoms with Crippen LogP contribution < -0.4 is 9.47 Å². The predicted octanol–water partition coefficient (Wildman–Crippen LogP) is 3.62. The Bertz CT molecular complexity index is 625. The molecule has 0 aliphatic heterocycles. The van der Waals surface area contributed by atoms with Gasteiger partial charge in [0, 0.05) is 17.2 Å². The second kappa shape index (κ2) is 6.59. The number of aliphatic hydroxyl groups is 1. The average Bonchev–Trinajstić information content (AvgIpc) is 2.48. The van der Waals surface area contributed by atoms with E-state index in [0.29, 0.717) is 23.7 Å². The Kier molecular flexibility index (Phi) is 4.81. The summed E-state index contributed by atoms with van der Waals surface area (Å²) in [6.07, 6.45) is -1.09. The molecule has 112 valence electrons. The number of aliphatic hydroxyl groups excluding tert-OH is 1. The molecule has 0 aliphatic rings. The normalized spacial score (nSPS) is 12.0. The fraction of sp³-hybridized carbons (Fsp3) is 0.294. The van der Waals surface area contributed by atoms with E-state index in [0.717, 1.165) is 5.56 Å². The molecule has 0 radical (unpaired) electrons. The first-order chi connectivity index (χ1) is 10.1. The van der Waals surface area contributed by atoms with Crippen molar-refractivity contribution >= 4 is 0 Å². The van der Waals surface area contributed by atoms with Crippen LogP contribution in [0.1, 0.15) is 29.7 Å². The zero-order chi connectivity index (χ0) is 15.4. The highest BCUT2D eigenvalue weighted by molar-refractivity contribution is 5.44. The summed E-state index contributed by atoms with van der Waals surface area (Å²) in [5.74, 6) is 0.467. The highest BCUT2D eigenvalue weighted by Crippen LogP contribution is 2.33. The minimum absolute atomic E-state index is 0.197. The van der Waals surface area contributed by atoms with E-state index in [-0.39, 0.29) is 5.56 Å². The van der Waals surface area contributed by atoms with Gasteiger partial charge in [0.25, 0.3) is 0 Å². The first kappa shape index (κ1) is 15.3. The molecule has 0 saturated heterocycles. The minimum Gasteiger partial charge on any atom is -0.497 e. The van der Waals surface area contributed by atoms with Crippen molar-refractivity contribution in [1.29, 1.82) is 0 Å². The number of hydrogen-bond donors (Lipinski definition) is 1. The summed E-state index contributed by atoms with van der Waals surface area (Å²) in [5.41, 5.74) is 1.73. The van der Waals surface area contributed by atoms with Gasteiger partial charge in [-0.1, -0.05) is 11.6 Å². The number of ether oxygens (including phenoxy) is 2. The van der Waals surface area contributed by atoms with Crippen molar-refractivity contribution < 1.29 is 19.0 Å². The van der Waals surface area contributed by atoms with E-state index < -0.39 is 11.9 Å². The lowest BCUT2D eigenvalue weighted by Crippen LogP contribution is -2.06. The highest BCUT2D eigenvalue weighted by atomic mass is 19.1. The predicted molar refractivity (Wildman–Crippen MR) is 79.4 cm³/mol. The quantitative estimate of drug-likeness (QED) is 0.914. The van der Waals surface area contributed by atoms with Gasteiger partial charge in [0.2, 0.25) is 0 Å². The smallest absolute Gasteiger partial charge is 0.133 e. The fourth-order valence-electron chi connectivity index (χ4n) is 2.19. The molecule has 0 bridgehead atoms. The van der Waals surface area contributed by atoms with Crippen LogP contribution in [0.2, 0.25) is 0 Å². The maximum atomic E-state index is 14.1. The monoisotopic (exact) mass is 290 g/mol. The second-order valence-corrected chi connectivity index (χ2v) is 4.76.